The van der Waals surface area contributed by atoms with E-state index in [2.05, 4.69) is 5.32 Å². The first kappa shape index (κ1) is 20.3. The number of benzene rings is 1. The lowest BCUT2D eigenvalue weighted by Gasteiger charge is -2.25. The number of carbonyl (C=O) groups excluding carboxylic acids is 4. The van der Waals surface area contributed by atoms with E-state index in [-0.39, 0.29) is 53.5 Å². The van der Waals surface area contributed by atoms with Crippen molar-refractivity contribution in [2.75, 3.05) is 11.9 Å². The number of hydrogen-bond acceptors (Lipinski definition) is 5. The van der Waals surface area contributed by atoms with Gasteiger partial charge in [0.05, 0.1) is 17.5 Å². The average Bonchev–Trinajstić information content (AvgIpc) is 3.21. The number of rotatable bonds is 6. The molecule has 2 aromatic rings. The molecule has 3 rings (SSSR count). The third kappa shape index (κ3) is 3.91. The van der Waals surface area contributed by atoms with Crippen molar-refractivity contribution in [1.29, 1.82) is 0 Å². The number of nitrogens with two attached hydrogens (primary N) is 1. The topological polar surface area (TPSA) is 123 Å². The van der Waals surface area contributed by atoms with Gasteiger partial charge in [-0.3, -0.25) is 24.5 Å². The maximum absolute atomic E-state index is 12.7. The Kier molecular flexibility index (Phi) is 5.54. The maximum Gasteiger partial charge on any atom is 0.255 e. The largest absolute Gasteiger partial charge is 0.444 e. The van der Waals surface area contributed by atoms with Crippen LogP contribution in [0.4, 0.5) is 5.88 Å². The minimum absolute atomic E-state index is 0.0498. The average molecular weight is 397 g/mol. The third-order valence-electron chi connectivity index (χ3n) is 5.20. The van der Waals surface area contributed by atoms with Gasteiger partial charge in [0.2, 0.25) is 17.7 Å². The molecule has 1 aromatic carbocycles. The molecule has 1 saturated heterocycles. The summed E-state index contributed by atoms with van der Waals surface area (Å²) in [6.07, 6.45) is 0.0498. The lowest BCUT2D eigenvalue weighted by Crippen LogP contribution is -2.30. The lowest BCUT2D eigenvalue weighted by molar-refractivity contribution is -0.129. The molecule has 152 valence electrons. The summed E-state index contributed by atoms with van der Waals surface area (Å²) >= 11 is 0. The number of nitrogens with zero attached hydrogens (tertiary/aromatic N) is 1. The first-order valence-electron chi connectivity index (χ1n) is 9.30. The molecular weight excluding hydrogens is 374 g/mol. The summed E-state index contributed by atoms with van der Waals surface area (Å²) in [6.45, 7) is 4.95. The van der Waals surface area contributed by atoms with E-state index in [4.69, 9.17) is 10.2 Å². The third-order valence-corrected chi connectivity index (χ3v) is 5.20. The molecule has 0 aliphatic carbocycles. The Morgan fingerprint density at radius 2 is 1.86 bits per heavy atom. The number of likely N-dealkylation sites (tertiary alicyclic amines) is 1. The molecule has 0 saturated carbocycles. The summed E-state index contributed by atoms with van der Waals surface area (Å²) in [7, 11) is 0. The minimum atomic E-state index is -0.871. The Morgan fingerprint density at radius 1 is 1.21 bits per heavy atom. The molecular formula is C21H23N3O5. The highest BCUT2D eigenvalue weighted by atomic mass is 16.4. The molecule has 29 heavy (non-hydrogen) atoms. The van der Waals surface area contributed by atoms with Gasteiger partial charge in [0.15, 0.2) is 5.78 Å². The number of amides is 3. The van der Waals surface area contributed by atoms with Gasteiger partial charge in [0.1, 0.15) is 11.3 Å². The number of anilines is 1. The van der Waals surface area contributed by atoms with Gasteiger partial charge >= 0.3 is 0 Å². The van der Waals surface area contributed by atoms with Crippen molar-refractivity contribution in [3.63, 3.8) is 0 Å². The number of ketones is 1. The SMILES string of the molecule is CC(=O)c1c(C)oc(NC(=O)C2CC(=O)N(C(C)c3ccccc3)C2)c1C(N)=O. The number of primary amides is 1. The number of aryl methyl sites for hydroxylation is 1. The second-order valence-corrected chi connectivity index (χ2v) is 7.18. The Bertz CT molecular complexity index is 980. The van der Waals surface area contributed by atoms with Crippen LogP contribution in [0.5, 0.6) is 0 Å². The predicted molar refractivity (Wildman–Crippen MR) is 105 cm³/mol. The smallest absolute Gasteiger partial charge is 0.255 e. The van der Waals surface area contributed by atoms with Crippen molar-refractivity contribution in [2.24, 2.45) is 11.7 Å². The van der Waals surface area contributed by atoms with E-state index in [0.29, 0.717) is 0 Å². The zero-order valence-corrected chi connectivity index (χ0v) is 16.5. The summed E-state index contributed by atoms with van der Waals surface area (Å²) < 4.78 is 5.42. The van der Waals surface area contributed by atoms with Crippen molar-refractivity contribution in [3.8, 4) is 0 Å². The van der Waals surface area contributed by atoms with Crippen LogP contribution in [0, 0.1) is 12.8 Å². The van der Waals surface area contributed by atoms with Crippen LogP contribution in [0.3, 0.4) is 0 Å². The molecule has 0 spiro atoms. The van der Waals surface area contributed by atoms with Crippen LogP contribution in [0.15, 0.2) is 34.7 Å². The molecule has 8 nitrogen and oxygen atoms in total. The molecule has 0 radical (unpaired) electrons. The highest BCUT2D eigenvalue weighted by molar-refractivity contribution is 6.12. The highest BCUT2D eigenvalue weighted by Crippen LogP contribution is 2.31. The molecule has 1 aliphatic rings. The Labute approximate surface area is 168 Å². The van der Waals surface area contributed by atoms with Crippen LogP contribution in [0.25, 0.3) is 0 Å². The first-order valence-corrected chi connectivity index (χ1v) is 9.30. The second-order valence-electron chi connectivity index (χ2n) is 7.18. The van der Waals surface area contributed by atoms with Crippen LogP contribution in [0.1, 0.15) is 58.3 Å². The molecule has 0 bridgehead atoms. The number of Topliss-reactive ketones (excluding diaryl/α,β-unsaturated/α-hetero) is 1. The highest BCUT2D eigenvalue weighted by Gasteiger charge is 2.38. The van der Waals surface area contributed by atoms with Crippen LogP contribution in [-0.4, -0.2) is 34.9 Å². The molecule has 1 fully saturated rings. The molecule has 3 amide bonds. The summed E-state index contributed by atoms with van der Waals surface area (Å²) in [5.41, 5.74) is 6.26. The van der Waals surface area contributed by atoms with Crippen LogP contribution < -0.4 is 11.1 Å². The molecule has 2 atom stereocenters. The number of hydrogen-bond donors (Lipinski definition) is 2. The van der Waals surface area contributed by atoms with Crippen LogP contribution in [-0.2, 0) is 9.59 Å². The van der Waals surface area contributed by atoms with E-state index in [0.717, 1.165) is 5.56 Å². The normalized spacial score (nSPS) is 17.3. The minimum Gasteiger partial charge on any atom is -0.444 e. The fourth-order valence-electron chi connectivity index (χ4n) is 3.70. The summed E-state index contributed by atoms with van der Waals surface area (Å²) in [5, 5.41) is 2.53. The fraction of sp³-hybridized carbons (Fsp3) is 0.333. The Balaban J connectivity index is 1.77. The van der Waals surface area contributed by atoms with E-state index in [1.54, 1.807) is 4.90 Å². The molecule has 3 N–H and O–H groups in total. The van der Waals surface area contributed by atoms with Gasteiger partial charge in [-0.05, 0) is 26.3 Å². The summed E-state index contributed by atoms with van der Waals surface area (Å²) in [6, 6.07) is 9.38. The number of furan rings is 1. The predicted octanol–water partition coefficient (Wildman–Crippen LogP) is 2.44. The molecule has 1 aromatic heterocycles. The van der Waals surface area contributed by atoms with Gasteiger partial charge in [0.25, 0.3) is 5.91 Å². The maximum atomic E-state index is 12.7. The van der Waals surface area contributed by atoms with Gasteiger partial charge in [-0.15, -0.1) is 0 Å². The van der Waals surface area contributed by atoms with Gasteiger partial charge in [-0.1, -0.05) is 30.3 Å². The van der Waals surface area contributed by atoms with E-state index in [9.17, 15) is 19.2 Å². The standard InChI is InChI=1S/C21H23N3O5/c1-11(14-7-5-4-6-8-14)24-10-15(9-16(24)26)20(28)23-21-18(19(22)27)17(12(2)25)13(3)29-21/h4-8,11,15H,9-10H2,1-3H3,(H2,22,27)(H,23,28). The van der Waals surface area contributed by atoms with E-state index >= 15 is 0 Å². The lowest BCUT2D eigenvalue weighted by atomic mass is 10.1. The van der Waals surface area contributed by atoms with E-state index < -0.39 is 17.7 Å². The van der Waals surface area contributed by atoms with Gasteiger partial charge < -0.3 is 15.1 Å². The Hall–Kier alpha value is -3.42. The first-order chi connectivity index (χ1) is 13.7. The van der Waals surface area contributed by atoms with Crippen molar-refractivity contribution < 1.29 is 23.6 Å². The summed E-state index contributed by atoms with van der Waals surface area (Å²) in [5.74, 6) is -2.43. The van der Waals surface area contributed by atoms with Crippen molar-refractivity contribution in [1.82, 2.24) is 4.90 Å². The Morgan fingerprint density at radius 3 is 2.45 bits per heavy atom. The van der Waals surface area contributed by atoms with Gasteiger partial charge in [-0.25, -0.2) is 0 Å². The van der Waals surface area contributed by atoms with Crippen LogP contribution >= 0.6 is 0 Å². The van der Waals surface area contributed by atoms with Crippen molar-refractivity contribution >= 4 is 29.4 Å². The zero-order chi connectivity index (χ0) is 21.3. The van der Waals surface area contributed by atoms with Crippen LogP contribution in [0.2, 0.25) is 0 Å². The molecule has 8 heteroatoms. The molecule has 2 unspecified atom stereocenters. The van der Waals surface area contributed by atoms with Gasteiger partial charge in [-0.2, -0.15) is 0 Å². The molecule has 1 aliphatic heterocycles. The van der Waals surface area contributed by atoms with Crippen molar-refractivity contribution in [2.45, 2.75) is 33.2 Å². The second kappa shape index (κ2) is 7.90. The summed E-state index contributed by atoms with van der Waals surface area (Å²) in [4.78, 5) is 50.5. The van der Waals surface area contributed by atoms with E-state index in [1.165, 1.54) is 13.8 Å². The molecule has 2 heterocycles. The zero-order valence-electron chi connectivity index (χ0n) is 16.5. The number of carbonyl (C=O) groups is 4. The quantitative estimate of drug-likeness (QED) is 0.725. The van der Waals surface area contributed by atoms with Gasteiger partial charge in [0, 0.05) is 13.0 Å². The number of nitrogens with one attached hydrogen (secondary N) is 1. The van der Waals surface area contributed by atoms with Crippen molar-refractivity contribution in [3.05, 3.63) is 52.8 Å². The monoisotopic (exact) mass is 397 g/mol. The fourth-order valence-corrected chi connectivity index (χ4v) is 3.70. The van der Waals surface area contributed by atoms with E-state index in [1.807, 2.05) is 37.3 Å².